The van der Waals surface area contributed by atoms with Gasteiger partial charge in [-0.15, -0.1) is 5.92 Å². The number of hydrogen-bond acceptors (Lipinski definition) is 3. The number of aryl methyl sites for hydroxylation is 2. The number of benzene rings is 2. The average molecular weight is 391 g/mol. The van der Waals surface area contributed by atoms with Gasteiger partial charge in [-0.1, -0.05) is 79.1 Å². The number of aliphatic hydroxyl groups excluding tert-OH is 1. The Kier molecular flexibility index (Phi) is 6.97. The smallest absolute Gasteiger partial charge is 0.145 e. The van der Waals surface area contributed by atoms with E-state index in [4.69, 9.17) is 5.10 Å². The Morgan fingerprint density at radius 3 is 2.50 bits per heavy atom. The van der Waals surface area contributed by atoms with Gasteiger partial charge in [0.05, 0.1) is 5.56 Å². The van der Waals surface area contributed by atoms with Crippen LogP contribution in [0.5, 0.6) is 0 Å². The molecule has 0 aliphatic heterocycles. The molecule has 0 spiro atoms. The highest BCUT2D eigenvalue weighted by atomic mass is 32.2. The van der Waals surface area contributed by atoms with Crippen LogP contribution in [0.15, 0.2) is 64.5 Å². The fourth-order valence-electron chi connectivity index (χ4n) is 2.93. The molecule has 0 radical (unpaired) electrons. The molecule has 0 saturated carbocycles. The lowest BCUT2D eigenvalue weighted by Gasteiger charge is -2.10. The summed E-state index contributed by atoms with van der Waals surface area (Å²) in [5, 5.41) is 16.6. The molecule has 4 heteroatoms. The van der Waals surface area contributed by atoms with Gasteiger partial charge < -0.3 is 5.11 Å². The molecule has 3 rings (SSSR count). The Hall–Kier alpha value is -2.48. The van der Waals surface area contributed by atoms with Crippen LogP contribution in [0.4, 0.5) is 0 Å². The van der Waals surface area contributed by atoms with Crippen molar-refractivity contribution in [3.63, 3.8) is 0 Å². The molecule has 1 aromatic heterocycles. The molecule has 3 nitrogen and oxygen atoms in total. The number of aromatic nitrogens is 2. The maximum absolute atomic E-state index is 10.9. The van der Waals surface area contributed by atoms with Gasteiger partial charge in [0, 0.05) is 23.9 Å². The second-order valence-electron chi connectivity index (χ2n) is 6.80. The molecule has 0 aliphatic carbocycles. The first-order valence-electron chi connectivity index (χ1n) is 9.63. The minimum atomic E-state index is -0.867. The SMILES string of the molecule is CCCCC#C[C@@H](O)c1c(-c2ccccc2)nn(C)c1Sc1ccc(C)cc1. The molecule has 0 bridgehead atoms. The Bertz CT molecular complexity index is 966. The van der Waals surface area contributed by atoms with Gasteiger partial charge in [0.25, 0.3) is 0 Å². The van der Waals surface area contributed by atoms with Gasteiger partial charge in [0.15, 0.2) is 0 Å². The van der Waals surface area contributed by atoms with Gasteiger partial charge in [0.2, 0.25) is 0 Å². The zero-order chi connectivity index (χ0) is 19.9. The van der Waals surface area contributed by atoms with E-state index in [0.717, 1.165) is 46.0 Å². The molecule has 144 valence electrons. The van der Waals surface area contributed by atoms with Crippen LogP contribution in [0, 0.1) is 18.8 Å². The second kappa shape index (κ2) is 9.64. The molecule has 1 N–H and O–H groups in total. The van der Waals surface area contributed by atoms with E-state index in [1.165, 1.54) is 5.56 Å². The summed E-state index contributed by atoms with van der Waals surface area (Å²) in [4.78, 5) is 1.11. The molecule has 3 aromatic rings. The maximum atomic E-state index is 10.9. The summed E-state index contributed by atoms with van der Waals surface area (Å²) in [6.07, 6.45) is 2.08. The quantitative estimate of drug-likeness (QED) is 0.429. The summed E-state index contributed by atoms with van der Waals surface area (Å²) in [5.41, 5.74) is 3.78. The van der Waals surface area contributed by atoms with Crippen molar-refractivity contribution in [3.05, 3.63) is 65.7 Å². The lowest BCUT2D eigenvalue weighted by molar-refractivity contribution is 0.235. The molecule has 0 aliphatic rings. The van der Waals surface area contributed by atoms with E-state index in [-0.39, 0.29) is 0 Å². The topological polar surface area (TPSA) is 38.1 Å². The molecule has 0 unspecified atom stereocenters. The molecular formula is C24H26N2OS. The standard InChI is InChI=1S/C24H26N2OS/c1-4-5-6-10-13-21(27)22-23(19-11-8-7-9-12-19)25-26(3)24(22)28-20-16-14-18(2)15-17-20/h7-9,11-12,14-17,21,27H,4-6H2,1-3H3/t21-/m1/s1. The Labute approximate surface area is 171 Å². The highest BCUT2D eigenvalue weighted by Gasteiger charge is 2.23. The Morgan fingerprint density at radius 2 is 1.82 bits per heavy atom. The number of rotatable bonds is 6. The van der Waals surface area contributed by atoms with E-state index < -0.39 is 6.10 Å². The normalized spacial score (nSPS) is 11.7. The van der Waals surface area contributed by atoms with Gasteiger partial charge in [-0.3, -0.25) is 4.68 Å². The van der Waals surface area contributed by atoms with Crippen LogP contribution in [0.1, 0.15) is 43.4 Å². The maximum Gasteiger partial charge on any atom is 0.145 e. The van der Waals surface area contributed by atoms with Crippen LogP contribution in [0.3, 0.4) is 0 Å². The third-order valence-corrected chi connectivity index (χ3v) is 5.67. The summed E-state index contributed by atoms with van der Waals surface area (Å²) in [6.45, 7) is 4.22. The number of nitrogens with zero attached hydrogens (tertiary/aromatic N) is 2. The first-order chi connectivity index (χ1) is 13.6. The van der Waals surface area contributed by atoms with Crippen molar-refractivity contribution in [3.8, 4) is 23.1 Å². The van der Waals surface area contributed by atoms with Crippen LogP contribution in [-0.2, 0) is 7.05 Å². The Balaban J connectivity index is 2.03. The third kappa shape index (κ3) is 4.86. The van der Waals surface area contributed by atoms with E-state index in [9.17, 15) is 5.11 Å². The predicted octanol–water partition coefficient (Wildman–Crippen LogP) is 5.77. The minimum absolute atomic E-state index is 0.781. The summed E-state index contributed by atoms with van der Waals surface area (Å²) < 4.78 is 1.85. The van der Waals surface area contributed by atoms with Crippen molar-refractivity contribution >= 4 is 11.8 Å². The largest absolute Gasteiger partial charge is 0.376 e. The summed E-state index contributed by atoms with van der Waals surface area (Å²) in [7, 11) is 1.92. The molecule has 0 fully saturated rings. The third-order valence-electron chi connectivity index (χ3n) is 4.48. The van der Waals surface area contributed by atoms with Crippen LogP contribution in [0.2, 0.25) is 0 Å². The van der Waals surface area contributed by atoms with E-state index in [0.29, 0.717) is 0 Å². The van der Waals surface area contributed by atoms with Crippen molar-refractivity contribution in [2.24, 2.45) is 7.05 Å². The van der Waals surface area contributed by atoms with Crippen molar-refractivity contribution < 1.29 is 5.11 Å². The molecular weight excluding hydrogens is 364 g/mol. The van der Waals surface area contributed by atoms with Gasteiger partial charge in [-0.25, -0.2) is 0 Å². The summed E-state index contributed by atoms with van der Waals surface area (Å²) in [6, 6.07) is 18.4. The Morgan fingerprint density at radius 1 is 1.11 bits per heavy atom. The lowest BCUT2D eigenvalue weighted by atomic mass is 10.0. The summed E-state index contributed by atoms with van der Waals surface area (Å²) in [5.74, 6) is 6.16. The molecule has 0 saturated heterocycles. The van der Waals surface area contributed by atoms with E-state index in [2.05, 4.69) is 50.0 Å². The monoisotopic (exact) mass is 390 g/mol. The zero-order valence-corrected chi connectivity index (χ0v) is 17.5. The van der Waals surface area contributed by atoms with Crippen LogP contribution >= 0.6 is 11.8 Å². The zero-order valence-electron chi connectivity index (χ0n) is 16.6. The summed E-state index contributed by atoms with van der Waals surface area (Å²) >= 11 is 1.61. The van der Waals surface area contributed by atoms with Gasteiger partial charge >= 0.3 is 0 Å². The minimum Gasteiger partial charge on any atom is -0.376 e. The van der Waals surface area contributed by atoms with Gasteiger partial charge in [-0.2, -0.15) is 5.10 Å². The number of hydrogen-bond donors (Lipinski definition) is 1. The van der Waals surface area contributed by atoms with Crippen LogP contribution in [-0.4, -0.2) is 14.9 Å². The average Bonchev–Trinajstić information content (AvgIpc) is 3.04. The highest BCUT2D eigenvalue weighted by molar-refractivity contribution is 7.99. The fraction of sp³-hybridized carbons (Fsp3) is 0.292. The molecule has 2 aromatic carbocycles. The van der Waals surface area contributed by atoms with Crippen LogP contribution < -0.4 is 0 Å². The molecule has 0 amide bonds. The van der Waals surface area contributed by atoms with E-state index in [1.807, 2.05) is 42.1 Å². The second-order valence-corrected chi connectivity index (χ2v) is 7.86. The van der Waals surface area contributed by atoms with Crippen molar-refractivity contribution in [1.29, 1.82) is 0 Å². The van der Waals surface area contributed by atoms with Crippen molar-refractivity contribution in [2.75, 3.05) is 0 Å². The first kappa shape index (κ1) is 20.3. The van der Waals surface area contributed by atoms with Crippen molar-refractivity contribution in [2.45, 2.75) is 49.1 Å². The van der Waals surface area contributed by atoms with Gasteiger partial charge in [-0.05, 0) is 25.5 Å². The van der Waals surface area contributed by atoms with Crippen LogP contribution in [0.25, 0.3) is 11.3 Å². The first-order valence-corrected chi connectivity index (χ1v) is 10.4. The molecule has 1 atom stereocenters. The highest BCUT2D eigenvalue weighted by Crippen LogP contribution is 2.38. The molecule has 1 heterocycles. The number of aliphatic hydroxyl groups is 1. The fourth-order valence-corrected chi connectivity index (χ4v) is 3.91. The van der Waals surface area contributed by atoms with Gasteiger partial charge in [0.1, 0.15) is 16.8 Å². The lowest BCUT2D eigenvalue weighted by Crippen LogP contribution is -1.99. The van der Waals surface area contributed by atoms with E-state index in [1.54, 1.807) is 11.8 Å². The van der Waals surface area contributed by atoms with E-state index >= 15 is 0 Å². The van der Waals surface area contributed by atoms with Crippen molar-refractivity contribution in [1.82, 2.24) is 9.78 Å². The molecule has 28 heavy (non-hydrogen) atoms. The predicted molar refractivity (Wildman–Crippen MR) is 116 cm³/mol. The number of unbranched alkanes of at least 4 members (excludes halogenated alkanes) is 2.